The first kappa shape index (κ1) is 17.2. The maximum atomic E-state index is 5.86. The van der Waals surface area contributed by atoms with Gasteiger partial charge in [-0.2, -0.15) is 0 Å². The van der Waals surface area contributed by atoms with E-state index in [-0.39, 0.29) is 0 Å². The minimum absolute atomic E-state index is 0.321. The number of ether oxygens (including phenoxy) is 1. The Balaban J connectivity index is 2.37. The average molecular weight is 277 g/mol. The van der Waals surface area contributed by atoms with E-state index in [4.69, 9.17) is 4.74 Å². The van der Waals surface area contributed by atoms with E-state index in [1.165, 1.54) is 36.8 Å². The normalized spacial score (nSPS) is 12.6. The van der Waals surface area contributed by atoms with Crippen LogP contribution in [-0.2, 0) is 4.74 Å². The third-order valence-electron chi connectivity index (χ3n) is 3.55. The predicted molar refractivity (Wildman–Crippen MR) is 87.2 cm³/mol. The summed E-state index contributed by atoms with van der Waals surface area (Å²) in [5.74, 6) is 0. The number of benzene rings is 1. The molecule has 0 aliphatic heterocycles. The van der Waals surface area contributed by atoms with Crippen LogP contribution in [0.4, 0.5) is 0 Å². The summed E-state index contributed by atoms with van der Waals surface area (Å²) in [7, 11) is 0. The minimum Gasteiger partial charge on any atom is -0.379 e. The lowest BCUT2D eigenvalue weighted by Gasteiger charge is -2.19. The Kier molecular flexibility index (Phi) is 9.35. The molecule has 2 nitrogen and oxygen atoms in total. The smallest absolute Gasteiger partial charge is 0.0661 e. The molecule has 0 aromatic heterocycles. The van der Waals surface area contributed by atoms with Crippen molar-refractivity contribution in [1.82, 2.24) is 5.32 Å². The van der Waals surface area contributed by atoms with Crippen molar-refractivity contribution in [2.45, 2.75) is 58.9 Å². The van der Waals surface area contributed by atoms with E-state index in [1.54, 1.807) is 0 Å². The molecule has 0 spiro atoms. The van der Waals surface area contributed by atoms with Crippen LogP contribution >= 0.6 is 0 Å². The van der Waals surface area contributed by atoms with Crippen LogP contribution in [-0.4, -0.2) is 19.8 Å². The second kappa shape index (κ2) is 10.9. The Morgan fingerprint density at radius 1 is 1.00 bits per heavy atom. The van der Waals surface area contributed by atoms with Gasteiger partial charge in [-0.1, -0.05) is 62.9 Å². The van der Waals surface area contributed by atoms with Crippen LogP contribution in [0, 0.1) is 6.92 Å². The molecule has 0 radical (unpaired) electrons. The fourth-order valence-electron chi connectivity index (χ4n) is 2.22. The number of hydrogen-bond donors (Lipinski definition) is 1. The lowest BCUT2D eigenvalue weighted by atomic mass is 10.1. The number of unbranched alkanes of at least 4 members (excludes halogenated alkanes) is 3. The second-order valence-corrected chi connectivity index (χ2v) is 5.55. The second-order valence-electron chi connectivity index (χ2n) is 5.55. The largest absolute Gasteiger partial charge is 0.379 e. The molecule has 1 N–H and O–H groups in total. The molecule has 1 aromatic rings. The van der Waals surface area contributed by atoms with Crippen molar-refractivity contribution in [3.63, 3.8) is 0 Å². The summed E-state index contributed by atoms with van der Waals surface area (Å²) >= 11 is 0. The maximum Gasteiger partial charge on any atom is 0.0661 e. The quantitative estimate of drug-likeness (QED) is 0.595. The first-order valence-electron chi connectivity index (χ1n) is 8.15. The molecule has 1 atom stereocenters. The van der Waals surface area contributed by atoms with Gasteiger partial charge in [0.05, 0.1) is 12.6 Å². The zero-order valence-corrected chi connectivity index (χ0v) is 13.5. The van der Waals surface area contributed by atoms with Gasteiger partial charge < -0.3 is 10.1 Å². The van der Waals surface area contributed by atoms with Crippen LogP contribution < -0.4 is 5.32 Å². The zero-order chi connectivity index (χ0) is 14.6. The lowest BCUT2D eigenvalue weighted by molar-refractivity contribution is 0.108. The first-order valence-corrected chi connectivity index (χ1v) is 8.15. The molecular formula is C18H31NO. The highest BCUT2D eigenvalue weighted by molar-refractivity contribution is 5.24. The Hall–Kier alpha value is -0.860. The Bertz CT molecular complexity index is 334. The number of hydrogen-bond acceptors (Lipinski definition) is 2. The van der Waals surface area contributed by atoms with Crippen molar-refractivity contribution < 1.29 is 4.74 Å². The third-order valence-corrected chi connectivity index (χ3v) is 3.55. The van der Waals surface area contributed by atoms with E-state index in [0.717, 1.165) is 26.2 Å². The summed E-state index contributed by atoms with van der Waals surface area (Å²) in [6, 6.07) is 9.10. The van der Waals surface area contributed by atoms with Gasteiger partial charge in [0, 0.05) is 6.61 Å². The molecule has 0 saturated carbocycles. The monoisotopic (exact) mass is 277 g/mol. The van der Waals surface area contributed by atoms with Crippen molar-refractivity contribution in [1.29, 1.82) is 0 Å². The molecule has 114 valence electrons. The molecule has 0 saturated heterocycles. The van der Waals surface area contributed by atoms with Gasteiger partial charge in [0.25, 0.3) is 0 Å². The van der Waals surface area contributed by atoms with Gasteiger partial charge in [-0.3, -0.25) is 0 Å². The van der Waals surface area contributed by atoms with Gasteiger partial charge in [0.1, 0.15) is 0 Å². The lowest BCUT2D eigenvalue weighted by Crippen LogP contribution is -2.26. The summed E-state index contributed by atoms with van der Waals surface area (Å²) in [4.78, 5) is 0. The standard InChI is InChI=1S/C18H31NO/c1-4-6-7-8-14-20-15-18(19-13-5-2)17-11-9-16(3)10-12-17/h9-12,18-19H,4-8,13-15H2,1-3H3. The molecule has 1 rings (SSSR count). The van der Waals surface area contributed by atoms with Crippen LogP contribution in [0.5, 0.6) is 0 Å². The molecule has 1 unspecified atom stereocenters. The molecule has 1 aromatic carbocycles. The van der Waals surface area contributed by atoms with Gasteiger partial charge in [-0.05, 0) is 31.9 Å². The highest BCUT2D eigenvalue weighted by Gasteiger charge is 2.10. The first-order chi connectivity index (χ1) is 9.77. The summed E-state index contributed by atoms with van der Waals surface area (Å²) in [6.45, 7) is 9.26. The Morgan fingerprint density at radius 3 is 2.40 bits per heavy atom. The van der Waals surface area contributed by atoms with Crippen LogP contribution in [0.1, 0.15) is 63.1 Å². The maximum absolute atomic E-state index is 5.86. The third kappa shape index (κ3) is 7.06. The number of nitrogens with one attached hydrogen (secondary N) is 1. The summed E-state index contributed by atoms with van der Waals surface area (Å²) < 4.78 is 5.86. The summed E-state index contributed by atoms with van der Waals surface area (Å²) in [5.41, 5.74) is 2.64. The molecular weight excluding hydrogens is 246 g/mol. The summed E-state index contributed by atoms with van der Waals surface area (Å²) in [5, 5.41) is 3.58. The predicted octanol–water partition coefficient (Wildman–Crippen LogP) is 4.63. The highest BCUT2D eigenvalue weighted by Crippen LogP contribution is 2.15. The van der Waals surface area contributed by atoms with E-state index >= 15 is 0 Å². The summed E-state index contributed by atoms with van der Waals surface area (Å²) in [6.07, 6.45) is 6.22. The van der Waals surface area contributed by atoms with Gasteiger partial charge in [-0.15, -0.1) is 0 Å². The van der Waals surface area contributed by atoms with Crippen molar-refractivity contribution in [2.75, 3.05) is 19.8 Å². The highest BCUT2D eigenvalue weighted by atomic mass is 16.5. The van der Waals surface area contributed by atoms with E-state index in [2.05, 4.69) is 50.4 Å². The van der Waals surface area contributed by atoms with Crippen LogP contribution in [0.25, 0.3) is 0 Å². The molecule has 0 heterocycles. The molecule has 0 amide bonds. The van der Waals surface area contributed by atoms with E-state index in [0.29, 0.717) is 6.04 Å². The van der Waals surface area contributed by atoms with Crippen molar-refractivity contribution in [2.24, 2.45) is 0 Å². The van der Waals surface area contributed by atoms with Crippen LogP contribution in [0.3, 0.4) is 0 Å². The van der Waals surface area contributed by atoms with Gasteiger partial charge in [-0.25, -0.2) is 0 Å². The van der Waals surface area contributed by atoms with Crippen LogP contribution in [0.2, 0.25) is 0 Å². The molecule has 2 heteroatoms. The average Bonchev–Trinajstić information content (AvgIpc) is 2.47. The Labute approximate surface area is 124 Å². The fourth-order valence-corrected chi connectivity index (χ4v) is 2.22. The van der Waals surface area contributed by atoms with Gasteiger partial charge >= 0.3 is 0 Å². The molecule has 20 heavy (non-hydrogen) atoms. The number of aryl methyl sites for hydroxylation is 1. The fraction of sp³-hybridized carbons (Fsp3) is 0.667. The molecule has 0 fully saturated rings. The minimum atomic E-state index is 0.321. The molecule has 0 aliphatic carbocycles. The molecule has 0 bridgehead atoms. The topological polar surface area (TPSA) is 21.3 Å². The van der Waals surface area contributed by atoms with Crippen molar-refractivity contribution in [3.8, 4) is 0 Å². The SMILES string of the molecule is CCCCCCOCC(NCCC)c1ccc(C)cc1. The van der Waals surface area contributed by atoms with E-state index < -0.39 is 0 Å². The van der Waals surface area contributed by atoms with Gasteiger partial charge in [0.2, 0.25) is 0 Å². The van der Waals surface area contributed by atoms with E-state index in [1.807, 2.05) is 0 Å². The van der Waals surface area contributed by atoms with Crippen LogP contribution in [0.15, 0.2) is 24.3 Å². The number of rotatable bonds is 11. The van der Waals surface area contributed by atoms with E-state index in [9.17, 15) is 0 Å². The van der Waals surface area contributed by atoms with Gasteiger partial charge in [0.15, 0.2) is 0 Å². The van der Waals surface area contributed by atoms with Crippen molar-refractivity contribution >= 4 is 0 Å². The Morgan fingerprint density at radius 2 is 1.75 bits per heavy atom. The molecule has 0 aliphatic rings. The zero-order valence-electron chi connectivity index (χ0n) is 13.5. The van der Waals surface area contributed by atoms with Crippen molar-refractivity contribution in [3.05, 3.63) is 35.4 Å².